The molecule has 1 fully saturated rings. The van der Waals surface area contributed by atoms with Crippen LogP contribution in [0.1, 0.15) is 35.6 Å². The van der Waals surface area contributed by atoms with Gasteiger partial charge in [0.25, 0.3) is 0 Å². The van der Waals surface area contributed by atoms with Gasteiger partial charge in [-0.1, -0.05) is 12.6 Å². The van der Waals surface area contributed by atoms with Gasteiger partial charge in [-0.15, -0.1) is 0 Å². The second-order valence-electron chi connectivity index (χ2n) is 5.12. The molecule has 1 aromatic heterocycles. The minimum absolute atomic E-state index is 0.668. The van der Waals surface area contributed by atoms with Crippen LogP contribution in [0.25, 0.3) is 5.76 Å². The van der Waals surface area contributed by atoms with E-state index in [1.807, 2.05) is 24.3 Å². The summed E-state index contributed by atoms with van der Waals surface area (Å²) in [6, 6.07) is 7.42. The smallest absolute Gasteiger partial charge is 0.129 e. The molecule has 3 rings (SSSR count). The van der Waals surface area contributed by atoms with E-state index in [4.69, 9.17) is 10.5 Å². The number of H-pyrrole nitrogens is 1. The molecule has 1 heterocycles. The number of hydrogen-bond donors (Lipinski definition) is 2. The summed E-state index contributed by atoms with van der Waals surface area (Å²) < 4.78 is 5.84. The van der Waals surface area contributed by atoms with Crippen molar-refractivity contribution in [1.82, 2.24) is 4.98 Å². The molecule has 1 aliphatic carbocycles. The fourth-order valence-electron chi connectivity index (χ4n) is 2.40. The van der Waals surface area contributed by atoms with Crippen LogP contribution in [0, 0.1) is 6.92 Å². The predicted molar refractivity (Wildman–Crippen MR) is 78.0 cm³/mol. The normalized spacial score (nSPS) is 14.4. The average molecular weight is 254 g/mol. The van der Waals surface area contributed by atoms with E-state index < -0.39 is 0 Å². The van der Waals surface area contributed by atoms with Gasteiger partial charge >= 0.3 is 0 Å². The maximum Gasteiger partial charge on any atom is 0.129 e. The molecule has 0 amide bonds. The van der Waals surface area contributed by atoms with Crippen LogP contribution in [0.2, 0.25) is 0 Å². The first kappa shape index (κ1) is 11.9. The number of benzene rings is 1. The summed E-state index contributed by atoms with van der Waals surface area (Å²) in [6.07, 6.45) is 4.60. The first-order chi connectivity index (χ1) is 9.15. The summed E-state index contributed by atoms with van der Waals surface area (Å²) in [5.74, 6) is 2.08. The molecule has 2 aromatic rings. The molecule has 98 valence electrons. The molecule has 0 unspecified atom stereocenters. The van der Waals surface area contributed by atoms with E-state index in [1.54, 1.807) is 0 Å². The number of ether oxygens (including phenoxy) is 1. The monoisotopic (exact) mass is 254 g/mol. The SMILES string of the molecule is C=C(Oc1cccc(N)c1)c1c(C2CC2)c[nH]c1C. The van der Waals surface area contributed by atoms with Crippen LogP contribution >= 0.6 is 0 Å². The highest BCUT2D eigenvalue weighted by Crippen LogP contribution is 2.44. The molecular formula is C16H18N2O. The molecule has 0 saturated heterocycles. The highest BCUT2D eigenvalue weighted by atomic mass is 16.5. The fraction of sp³-hybridized carbons (Fsp3) is 0.250. The quantitative estimate of drug-likeness (QED) is 0.643. The molecule has 1 aliphatic rings. The molecule has 0 atom stereocenters. The van der Waals surface area contributed by atoms with Gasteiger partial charge in [0.15, 0.2) is 0 Å². The molecule has 0 radical (unpaired) electrons. The van der Waals surface area contributed by atoms with Gasteiger partial charge < -0.3 is 15.5 Å². The van der Waals surface area contributed by atoms with Crippen molar-refractivity contribution < 1.29 is 4.74 Å². The Hall–Kier alpha value is -2.16. The van der Waals surface area contributed by atoms with Gasteiger partial charge in [0.2, 0.25) is 0 Å². The van der Waals surface area contributed by atoms with Crippen molar-refractivity contribution in [1.29, 1.82) is 0 Å². The van der Waals surface area contributed by atoms with Crippen LogP contribution in [0.3, 0.4) is 0 Å². The van der Waals surface area contributed by atoms with E-state index in [2.05, 4.69) is 24.7 Å². The van der Waals surface area contributed by atoms with Crippen molar-refractivity contribution in [3.05, 3.63) is 53.9 Å². The zero-order chi connectivity index (χ0) is 13.4. The van der Waals surface area contributed by atoms with E-state index in [1.165, 1.54) is 18.4 Å². The number of nitrogen functional groups attached to an aromatic ring is 1. The summed E-state index contributed by atoms with van der Waals surface area (Å²) in [4.78, 5) is 3.27. The minimum atomic E-state index is 0.668. The average Bonchev–Trinajstić information content (AvgIpc) is 3.12. The zero-order valence-electron chi connectivity index (χ0n) is 11.1. The Balaban J connectivity index is 1.86. The Kier molecular flexibility index (Phi) is 2.82. The van der Waals surface area contributed by atoms with Crippen molar-refractivity contribution in [3.8, 4) is 5.75 Å². The zero-order valence-corrected chi connectivity index (χ0v) is 11.1. The Bertz CT molecular complexity index is 623. The number of rotatable bonds is 4. The topological polar surface area (TPSA) is 51.0 Å². The summed E-state index contributed by atoms with van der Waals surface area (Å²) in [6.45, 7) is 6.12. The highest BCUT2D eigenvalue weighted by molar-refractivity contribution is 5.67. The van der Waals surface area contributed by atoms with E-state index in [0.717, 1.165) is 17.0 Å². The third kappa shape index (κ3) is 2.36. The molecule has 3 N–H and O–H groups in total. The Morgan fingerprint density at radius 2 is 2.21 bits per heavy atom. The van der Waals surface area contributed by atoms with Gasteiger partial charge in [0.05, 0.1) is 0 Å². The van der Waals surface area contributed by atoms with Gasteiger partial charge in [-0.2, -0.15) is 0 Å². The summed E-state index contributed by atoms with van der Waals surface area (Å²) >= 11 is 0. The lowest BCUT2D eigenvalue weighted by molar-refractivity contribution is 0.516. The molecule has 0 aliphatic heterocycles. The second-order valence-corrected chi connectivity index (χ2v) is 5.12. The first-order valence-electron chi connectivity index (χ1n) is 6.55. The van der Waals surface area contributed by atoms with E-state index in [-0.39, 0.29) is 0 Å². The number of aryl methyl sites for hydroxylation is 1. The largest absolute Gasteiger partial charge is 0.457 e. The van der Waals surface area contributed by atoms with E-state index >= 15 is 0 Å². The fourth-order valence-corrected chi connectivity index (χ4v) is 2.40. The van der Waals surface area contributed by atoms with Crippen LogP contribution in [0.15, 0.2) is 37.0 Å². The number of nitrogens with one attached hydrogen (secondary N) is 1. The van der Waals surface area contributed by atoms with Crippen LogP contribution in [0.4, 0.5) is 5.69 Å². The van der Waals surface area contributed by atoms with Gasteiger partial charge in [-0.05, 0) is 43.4 Å². The lowest BCUT2D eigenvalue weighted by atomic mass is 10.1. The number of hydrogen-bond acceptors (Lipinski definition) is 2. The van der Waals surface area contributed by atoms with E-state index in [0.29, 0.717) is 17.4 Å². The van der Waals surface area contributed by atoms with Crippen molar-refractivity contribution in [2.45, 2.75) is 25.7 Å². The Morgan fingerprint density at radius 1 is 1.42 bits per heavy atom. The third-order valence-electron chi connectivity index (χ3n) is 3.50. The standard InChI is InChI=1S/C16H18N2O/c1-10-16(15(9-18-10)12-6-7-12)11(2)19-14-5-3-4-13(17)8-14/h3-5,8-9,12,18H,2,6-7,17H2,1H3. The summed E-state index contributed by atoms with van der Waals surface area (Å²) in [7, 11) is 0. The number of nitrogens with two attached hydrogens (primary N) is 1. The van der Waals surface area contributed by atoms with Crippen molar-refractivity contribution in [3.63, 3.8) is 0 Å². The Labute approximate surface area is 113 Å². The lowest BCUT2D eigenvalue weighted by Crippen LogP contribution is -1.97. The van der Waals surface area contributed by atoms with Gasteiger partial charge in [-0.3, -0.25) is 0 Å². The maximum atomic E-state index is 5.84. The van der Waals surface area contributed by atoms with Gasteiger partial charge in [0.1, 0.15) is 11.5 Å². The van der Waals surface area contributed by atoms with Crippen LogP contribution in [-0.4, -0.2) is 4.98 Å². The molecule has 1 saturated carbocycles. The summed E-state index contributed by atoms with van der Waals surface area (Å²) in [5.41, 5.74) is 10.00. The lowest BCUT2D eigenvalue weighted by Gasteiger charge is -2.11. The molecule has 3 heteroatoms. The summed E-state index contributed by atoms with van der Waals surface area (Å²) in [5, 5.41) is 0. The third-order valence-corrected chi connectivity index (χ3v) is 3.50. The minimum Gasteiger partial charge on any atom is -0.457 e. The van der Waals surface area contributed by atoms with Crippen LogP contribution in [-0.2, 0) is 0 Å². The molecule has 19 heavy (non-hydrogen) atoms. The van der Waals surface area contributed by atoms with Gasteiger partial charge in [0, 0.05) is 29.2 Å². The molecular weight excluding hydrogens is 236 g/mol. The number of aromatic nitrogens is 1. The van der Waals surface area contributed by atoms with Crippen molar-refractivity contribution in [2.24, 2.45) is 0 Å². The van der Waals surface area contributed by atoms with Crippen LogP contribution < -0.4 is 10.5 Å². The highest BCUT2D eigenvalue weighted by Gasteiger charge is 2.29. The van der Waals surface area contributed by atoms with Crippen molar-refractivity contribution in [2.75, 3.05) is 5.73 Å². The number of anilines is 1. The van der Waals surface area contributed by atoms with Crippen molar-refractivity contribution >= 4 is 11.4 Å². The molecule has 1 aromatic carbocycles. The molecule has 0 bridgehead atoms. The molecule has 0 spiro atoms. The number of aromatic amines is 1. The maximum absolute atomic E-state index is 5.84. The van der Waals surface area contributed by atoms with Crippen LogP contribution in [0.5, 0.6) is 5.75 Å². The second kappa shape index (κ2) is 4.50. The molecule has 3 nitrogen and oxygen atoms in total. The Morgan fingerprint density at radius 3 is 2.89 bits per heavy atom. The predicted octanol–water partition coefficient (Wildman–Crippen LogP) is 3.83. The van der Waals surface area contributed by atoms with Gasteiger partial charge in [-0.25, -0.2) is 0 Å². The van der Waals surface area contributed by atoms with E-state index in [9.17, 15) is 0 Å². The first-order valence-corrected chi connectivity index (χ1v) is 6.55.